The van der Waals surface area contributed by atoms with Gasteiger partial charge in [0, 0.05) is 11.6 Å². The number of rotatable bonds is 1. The molecule has 0 aliphatic rings. The number of aromatic nitrogens is 3. The molecule has 0 spiro atoms. The molecule has 19 heavy (non-hydrogen) atoms. The van der Waals surface area contributed by atoms with Crippen molar-refractivity contribution in [2.45, 2.75) is 65.7 Å². The maximum absolute atomic E-state index is 4.85. The molecule has 0 aliphatic carbocycles. The Bertz CT molecular complexity index is 595. The third-order valence-electron chi connectivity index (χ3n) is 3.42. The Labute approximate surface area is 116 Å². The maximum atomic E-state index is 4.85. The van der Waals surface area contributed by atoms with Crippen molar-refractivity contribution in [3.8, 4) is 0 Å². The van der Waals surface area contributed by atoms with E-state index in [9.17, 15) is 0 Å². The highest BCUT2D eigenvalue weighted by atomic mass is 15.3. The summed E-state index contributed by atoms with van der Waals surface area (Å²) in [7, 11) is 0. The Morgan fingerprint density at radius 1 is 1.05 bits per heavy atom. The molecule has 2 heterocycles. The summed E-state index contributed by atoms with van der Waals surface area (Å²) < 4.78 is 2.04. The third-order valence-corrected chi connectivity index (χ3v) is 3.42. The SMILES string of the molecule is CCc1nc(C(C)(C)C)n2nccc(C(C)(C)C)c12. The molecule has 3 nitrogen and oxygen atoms in total. The molecule has 0 saturated carbocycles. The van der Waals surface area contributed by atoms with Gasteiger partial charge in [-0.1, -0.05) is 48.5 Å². The fraction of sp³-hybridized carbons (Fsp3) is 0.625. The van der Waals surface area contributed by atoms with Gasteiger partial charge in [0.2, 0.25) is 0 Å². The summed E-state index contributed by atoms with van der Waals surface area (Å²) in [6.07, 6.45) is 2.83. The van der Waals surface area contributed by atoms with Crippen molar-refractivity contribution in [2.24, 2.45) is 0 Å². The number of hydrogen-bond donors (Lipinski definition) is 0. The van der Waals surface area contributed by atoms with Crippen LogP contribution in [-0.2, 0) is 17.3 Å². The molecule has 2 rings (SSSR count). The van der Waals surface area contributed by atoms with E-state index in [2.05, 4.69) is 59.6 Å². The summed E-state index contributed by atoms with van der Waals surface area (Å²) in [4.78, 5) is 4.85. The van der Waals surface area contributed by atoms with E-state index in [1.54, 1.807) is 0 Å². The van der Waals surface area contributed by atoms with Gasteiger partial charge in [-0.05, 0) is 23.5 Å². The predicted octanol–water partition coefficient (Wildman–Crippen LogP) is 3.89. The molecule has 0 N–H and O–H groups in total. The molecule has 0 bridgehead atoms. The van der Waals surface area contributed by atoms with Gasteiger partial charge in [-0.25, -0.2) is 9.50 Å². The van der Waals surface area contributed by atoms with Crippen molar-refractivity contribution in [2.75, 3.05) is 0 Å². The van der Waals surface area contributed by atoms with Crippen molar-refractivity contribution in [3.63, 3.8) is 0 Å². The summed E-state index contributed by atoms with van der Waals surface area (Å²) in [6.45, 7) is 15.4. The molecule has 0 saturated heterocycles. The number of hydrogen-bond acceptors (Lipinski definition) is 2. The first-order chi connectivity index (χ1) is 8.66. The van der Waals surface area contributed by atoms with Crippen LogP contribution in [-0.4, -0.2) is 14.6 Å². The molecule has 0 aliphatic heterocycles. The fourth-order valence-electron chi connectivity index (χ4n) is 2.43. The van der Waals surface area contributed by atoms with E-state index in [0.717, 1.165) is 17.9 Å². The third kappa shape index (κ3) is 2.38. The zero-order chi connectivity index (χ0) is 14.4. The average Bonchev–Trinajstić information content (AvgIpc) is 2.65. The van der Waals surface area contributed by atoms with E-state index >= 15 is 0 Å². The van der Waals surface area contributed by atoms with E-state index in [1.807, 2.05) is 10.7 Å². The van der Waals surface area contributed by atoms with E-state index in [4.69, 9.17) is 4.98 Å². The maximum Gasteiger partial charge on any atom is 0.136 e. The average molecular weight is 259 g/mol. The number of fused-ring (bicyclic) bond motifs is 1. The Morgan fingerprint density at radius 2 is 1.68 bits per heavy atom. The van der Waals surface area contributed by atoms with Gasteiger partial charge in [0.15, 0.2) is 0 Å². The van der Waals surface area contributed by atoms with Crippen LogP contribution in [0.2, 0.25) is 0 Å². The van der Waals surface area contributed by atoms with E-state index < -0.39 is 0 Å². The second-order valence-corrected chi connectivity index (χ2v) is 7.24. The van der Waals surface area contributed by atoms with Crippen molar-refractivity contribution in [3.05, 3.63) is 29.3 Å². The largest absolute Gasteiger partial charge is 0.235 e. The molecule has 0 fully saturated rings. The molecular weight excluding hydrogens is 234 g/mol. The van der Waals surface area contributed by atoms with Crippen LogP contribution in [0.25, 0.3) is 5.52 Å². The monoisotopic (exact) mass is 259 g/mol. The van der Waals surface area contributed by atoms with Crippen LogP contribution >= 0.6 is 0 Å². The minimum absolute atomic E-state index is 0.000154. The minimum Gasteiger partial charge on any atom is -0.235 e. The first-order valence-electron chi connectivity index (χ1n) is 7.04. The molecule has 0 atom stereocenters. The summed E-state index contributed by atoms with van der Waals surface area (Å²) >= 11 is 0. The highest BCUT2D eigenvalue weighted by Gasteiger charge is 2.27. The molecule has 104 valence electrons. The summed E-state index contributed by atoms with van der Waals surface area (Å²) in [6, 6.07) is 2.13. The topological polar surface area (TPSA) is 30.2 Å². The lowest BCUT2D eigenvalue weighted by atomic mass is 9.86. The van der Waals surface area contributed by atoms with E-state index in [-0.39, 0.29) is 10.8 Å². The van der Waals surface area contributed by atoms with Gasteiger partial charge in [0.1, 0.15) is 5.82 Å². The highest BCUT2D eigenvalue weighted by Crippen LogP contribution is 2.31. The lowest BCUT2D eigenvalue weighted by molar-refractivity contribution is 0.526. The molecule has 0 amide bonds. The van der Waals surface area contributed by atoms with Crippen molar-refractivity contribution < 1.29 is 0 Å². The van der Waals surface area contributed by atoms with Crippen molar-refractivity contribution in [1.82, 2.24) is 14.6 Å². The van der Waals surface area contributed by atoms with E-state index in [1.165, 1.54) is 11.1 Å². The molecule has 3 heteroatoms. The number of imidazole rings is 1. The first kappa shape index (κ1) is 14.0. The predicted molar refractivity (Wildman–Crippen MR) is 79.8 cm³/mol. The van der Waals surface area contributed by atoms with Gasteiger partial charge >= 0.3 is 0 Å². The van der Waals surface area contributed by atoms with Crippen LogP contribution in [0.4, 0.5) is 0 Å². The van der Waals surface area contributed by atoms with E-state index in [0.29, 0.717) is 0 Å². The number of aryl methyl sites for hydroxylation is 1. The zero-order valence-corrected chi connectivity index (χ0v) is 13.2. The van der Waals surface area contributed by atoms with Crippen LogP contribution in [0, 0.1) is 0 Å². The smallest absolute Gasteiger partial charge is 0.136 e. The van der Waals surface area contributed by atoms with Crippen LogP contribution in [0.15, 0.2) is 12.3 Å². The van der Waals surface area contributed by atoms with Gasteiger partial charge in [0.05, 0.1) is 11.2 Å². The second-order valence-electron chi connectivity index (χ2n) is 7.24. The normalized spacial score (nSPS) is 13.2. The summed E-state index contributed by atoms with van der Waals surface area (Å²) in [5, 5.41) is 4.54. The Hall–Kier alpha value is -1.38. The zero-order valence-electron chi connectivity index (χ0n) is 13.2. The lowest BCUT2D eigenvalue weighted by Crippen LogP contribution is -2.18. The Kier molecular flexibility index (Phi) is 3.20. The molecule has 0 radical (unpaired) electrons. The van der Waals surface area contributed by atoms with Gasteiger partial charge in [-0.2, -0.15) is 5.10 Å². The molecule has 0 unspecified atom stereocenters. The van der Waals surface area contributed by atoms with Gasteiger partial charge in [-0.15, -0.1) is 0 Å². The highest BCUT2D eigenvalue weighted by molar-refractivity contribution is 5.61. The first-order valence-corrected chi connectivity index (χ1v) is 7.04. The van der Waals surface area contributed by atoms with Crippen molar-refractivity contribution >= 4 is 5.52 Å². The number of nitrogens with zero attached hydrogens (tertiary/aromatic N) is 3. The van der Waals surface area contributed by atoms with Crippen molar-refractivity contribution in [1.29, 1.82) is 0 Å². The minimum atomic E-state index is -0.000154. The van der Waals surface area contributed by atoms with Gasteiger partial charge in [-0.3, -0.25) is 0 Å². The van der Waals surface area contributed by atoms with Crippen LogP contribution in [0.5, 0.6) is 0 Å². The Balaban J connectivity index is 2.87. The summed E-state index contributed by atoms with van der Waals surface area (Å²) in [5.41, 5.74) is 3.77. The molecule has 2 aromatic rings. The van der Waals surface area contributed by atoms with Gasteiger partial charge < -0.3 is 0 Å². The standard InChI is InChI=1S/C16H25N3/c1-8-12-13-11(15(2,3)4)9-10-17-19(13)14(18-12)16(5,6)7/h9-10H,8H2,1-7H3. The molecular formula is C16H25N3. The quantitative estimate of drug-likeness (QED) is 0.778. The molecule has 2 aromatic heterocycles. The van der Waals surface area contributed by atoms with Crippen LogP contribution in [0.1, 0.15) is 65.5 Å². The van der Waals surface area contributed by atoms with Crippen LogP contribution in [0.3, 0.4) is 0 Å². The second kappa shape index (κ2) is 4.32. The van der Waals surface area contributed by atoms with Gasteiger partial charge in [0.25, 0.3) is 0 Å². The van der Waals surface area contributed by atoms with Crippen LogP contribution < -0.4 is 0 Å². The summed E-state index contributed by atoms with van der Waals surface area (Å²) in [5.74, 6) is 1.05. The molecule has 0 aromatic carbocycles. The fourth-order valence-corrected chi connectivity index (χ4v) is 2.43. The Morgan fingerprint density at radius 3 is 2.16 bits per heavy atom. The lowest BCUT2D eigenvalue weighted by Gasteiger charge is -2.21.